The van der Waals surface area contributed by atoms with Crippen molar-refractivity contribution >= 4 is 27.3 Å². The number of nitrogens with zero attached hydrogens (tertiary/aromatic N) is 1. The third kappa shape index (κ3) is 2.70. The van der Waals surface area contributed by atoms with Gasteiger partial charge in [-0.1, -0.05) is 28.1 Å². The van der Waals surface area contributed by atoms with E-state index >= 15 is 0 Å². The van der Waals surface area contributed by atoms with Crippen molar-refractivity contribution < 1.29 is 0 Å². The molecule has 0 radical (unpaired) electrons. The maximum atomic E-state index is 6.07. The van der Waals surface area contributed by atoms with E-state index in [0.717, 1.165) is 24.0 Å². The Morgan fingerprint density at radius 2 is 2.25 bits per heavy atom. The smallest absolute Gasteiger partial charge is 0.0474 e. The summed E-state index contributed by atoms with van der Waals surface area (Å²) in [5.74, 6) is 0. The molecule has 1 aromatic heterocycles. The van der Waals surface area contributed by atoms with E-state index in [-0.39, 0.29) is 0 Å². The lowest BCUT2D eigenvalue weighted by molar-refractivity contribution is 0.185. The first-order valence-electron chi connectivity index (χ1n) is 6.94. The summed E-state index contributed by atoms with van der Waals surface area (Å²) in [5, 5.41) is 2.20. The van der Waals surface area contributed by atoms with Crippen LogP contribution in [0.4, 0.5) is 0 Å². The summed E-state index contributed by atoms with van der Waals surface area (Å²) in [6.45, 7) is 4.93. The van der Waals surface area contributed by atoms with Gasteiger partial charge in [-0.15, -0.1) is 11.3 Å². The second kappa shape index (κ2) is 5.98. The van der Waals surface area contributed by atoms with Crippen LogP contribution in [0.25, 0.3) is 0 Å². The second-order valence-electron chi connectivity index (χ2n) is 5.35. The average Bonchev–Trinajstić information content (AvgIpc) is 2.91. The van der Waals surface area contributed by atoms with Crippen LogP contribution in [0.15, 0.2) is 34.1 Å². The Labute approximate surface area is 132 Å². The minimum Gasteiger partial charge on any atom is -0.329 e. The van der Waals surface area contributed by atoms with Gasteiger partial charge in [0.1, 0.15) is 0 Å². The number of hydrogen-bond donors (Lipinski definition) is 1. The van der Waals surface area contributed by atoms with Gasteiger partial charge < -0.3 is 5.73 Å². The van der Waals surface area contributed by atoms with Gasteiger partial charge in [0.2, 0.25) is 0 Å². The van der Waals surface area contributed by atoms with E-state index in [1.54, 1.807) is 4.88 Å². The van der Waals surface area contributed by atoms with Crippen molar-refractivity contribution in [3.8, 4) is 0 Å². The van der Waals surface area contributed by atoms with Crippen LogP contribution in [0.5, 0.6) is 0 Å². The van der Waals surface area contributed by atoms with E-state index in [1.807, 2.05) is 11.3 Å². The third-order valence-electron chi connectivity index (χ3n) is 4.07. The molecule has 1 aliphatic rings. The lowest BCUT2D eigenvalue weighted by Gasteiger charge is -2.34. The van der Waals surface area contributed by atoms with Gasteiger partial charge in [0.05, 0.1) is 0 Å². The normalized spacial score (nSPS) is 16.9. The van der Waals surface area contributed by atoms with E-state index in [2.05, 4.69) is 57.4 Å². The standard InChI is InChI=1S/C16H19BrN2S/c1-11-8-12(2-3-14(11)17)15(9-18)19-6-4-16-13(10-19)5-7-20-16/h2-3,5,7-8,15H,4,6,9-10,18H2,1H3. The number of fused-ring (bicyclic) bond motifs is 1. The number of rotatable bonds is 3. The Hall–Kier alpha value is -0.680. The van der Waals surface area contributed by atoms with Crippen LogP contribution in [-0.4, -0.2) is 18.0 Å². The van der Waals surface area contributed by atoms with E-state index in [9.17, 15) is 0 Å². The predicted octanol–water partition coefficient (Wildman–Crippen LogP) is 3.88. The molecule has 0 aliphatic carbocycles. The second-order valence-corrected chi connectivity index (χ2v) is 7.20. The van der Waals surface area contributed by atoms with E-state index in [4.69, 9.17) is 5.73 Å². The first-order chi connectivity index (χ1) is 9.69. The van der Waals surface area contributed by atoms with Gasteiger partial charge in [-0.2, -0.15) is 0 Å². The zero-order valence-electron chi connectivity index (χ0n) is 11.6. The van der Waals surface area contributed by atoms with Crippen LogP contribution in [-0.2, 0) is 13.0 Å². The van der Waals surface area contributed by atoms with Gasteiger partial charge in [0.15, 0.2) is 0 Å². The highest BCUT2D eigenvalue weighted by Gasteiger charge is 2.24. The Morgan fingerprint density at radius 1 is 1.40 bits per heavy atom. The van der Waals surface area contributed by atoms with Crippen LogP contribution in [0.3, 0.4) is 0 Å². The highest BCUT2D eigenvalue weighted by atomic mass is 79.9. The summed E-state index contributed by atoms with van der Waals surface area (Å²) >= 11 is 5.45. The number of nitrogens with two attached hydrogens (primary N) is 1. The minimum atomic E-state index is 0.315. The molecule has 1 atom stereocenters. The van der Waals surface area contributed by atoms with Gasteiger partial charge in [-0.25, -0.2) is 0 Å². The number of benzene rings is 1. The van der Waals surface area contributed by atoms with Crippen molar-refractivity contribution in [2.75, 3.05) is 13.1 Å². The van der Waals surface area contributed by atoms with Crippen molar-refractivity contribution in [2.45, 2.75) is 25.9 Å². The van der Waals surface area contributed by atoms with Crippen molar-refractivity contribution in [3.63, 3.8) is 0 Å². The number of halogens is 1. The molecule has 0 amide bonds. The molecular weight excluding hydrogens is 332 g/mol. The van der Waals surface area contributed by atoms with Crippen molar-refractivity contribution in [1.29, 1.82) is 0 Å². The molecule has 2 heterocycles. The molecule has 0 spiro atoms. The lowest BCUT2D eigenvalue weighted by Crippen LogP contribution is -2.37. The Balaban J connectivity index is 1.85. The largest absolute Gasteiger partial charge is 0.329 e. The molecule has 20 heavy (non-hydrogen) atoms. The molecule has 0 bridgehead atoms. The fraction of sp³-hybridized carbons (Fsp3) is 0.375. The highest BCUT2D eigenvalue weighted by Crippen LogP contribution is 2.31. The maximum Gasteiger partial charge on any atom is 0.0474 e. The Morgan fingerprint density at radius 3 is 3.00 bits per heavy atom. The minimum absolute atomic E-state index is 0.315. The van der Waals surface area contributed by atoms with Crippen LogP contribution in [0, 0.1) is 6.92 Å². The summed E-state index contributed by atoms with van der Waals surface area (Å²) in [6, 6.07) is 9.15. The van der Waals surface area contributed by atoms with Crippen LogP contribution in [0.2, 0.25) is 0 Å². The van der Waals surface area contributed by atoms with Gasteiger partial charge in [-0.3, -0.25) is 4.90 Å². The molecule has 0 saturated carbocycles. The fourth-order valence-corrected chi connectivity index (χ4v) is 4.04. The molecule has 2 nitrogen and oxygen atoms in total. The molecule has 106 valence electrons. The molecule has 1 unspecified atom stereocenters. The molecule has 2 N–H and O–H groups in total. The number of hydrogen-bond acceptors (Lipinski definition) is 3. The first-order valence-corrected chi connectivity index (χ1v) is 8.61. The molecule has 1 aliphatic heterocycles. The maximum absolute atomic E-state index is 6.07. The lowest BCUT2D eigenvalue weighted by atomic mass is 10.00. The van der Waals surface area contributed by atoms with Gasteiger partial charge >= 0.3 is 0 Å². The molecule has 1 aromatic carbocycles. The Bertz CT molecular complexity index is 608. The van der Waals surface area contributed by atoms with Crippen molar-refractivity contribution in [2.24, 2.45) is 5.73 Å². The summed E-state index contributed by atoms with van der Waals surface area (Å²) in [6.07, 6.45) is 1.15. The van der Waals surface area contributed by atoms with E-state index < -0.39 is 0 Å². The topological polar surface area (TPSA) is 29.3 Å². The monoisotopic (exact) mass is 350 g/mol. The first kappa shape index (κ1) is 14.3. The summed E-state index contributed by atoms with van der Waals surface area (Å²) in [4.78, 5) is 4.06. The summed E-state index contributed by atoms with van der Waals surface area (Å²) in [7, 11) is 0. The predicted molar refractivity (Wildman–Crippen MR) is 89.1 cm³/mol. The van der Waals surface area contributed by atoms with Crippen molar-refractivity contribution in [3.05, 3.63) is 55.7 Å². The SMILES string of the molecule is Cc1cc(C(CN)N2CCc3sccc3C2)ccc1Br. The number of aryl methyl sites for hydroxylation is 1. The molecular formula is C16H19BrN2S. The van der Waals surface area contributed by atoms with Crippen molar-refractivity contribution in [1.82, 2.24) is 4.90 Å². The highest BCUT2D eigenvalue weighted by molar-refractivity contribution is 9.10. The molecule has 2 aromatic rings. The molecule has 4 heteroatoms. The zero-order valence-corrected chi connectivity index (χ0v) is 14.0. The summed E-state index contributed by atoms with van der Waals surface area (Å²) < 4.78 is 1.16. The number of thiophene rings is 1. The molecule has 3 rings (SSSR count). The van der Waals surface area contributed by atoms with Crippen LogP contribution < -0.4 is 5.73 Å². The zero-order chi connectivity index (χ0) is 14.1. The van der Waals surface area contributed by atoms with Crippen LogP contribution >= 0.6 is 27.3 Å². The van der Waals surface area contributed by atoms with E-state index in [1.165, 1.54) is 16.7 Å². The van der Waals surface area contributed by atoms with Gasteiger partial charge in [0.25, 0.3) is 0 Å². The van der Waals surface area contributed by atoms with Gasteiger partial charge in [0, 0.05) is 35.0 Å². The fourth-order valence-electron chi connectivity index (χ4n) is 2.91. The average molecular weight is 351 g/mol. The third-order valence-corrected chi connectivity index (χ3v) is 5.98. The van der Waals surface area contributed by atoms with Gasteiger partial charge in [-0.05, 0) is 47.5 Å². The quantitative estimate of drug-likeness (QED) is 0.909. The summed E-state index contributed by atoms with van der Waals surface area (Å²) in [5.41, 5.74) is 10.1. The molecule has 0 fully saturated rings. The molecule has 0 saturated heterocycles. The van der Waals surface area contributed by atoms with Crippen LogP contribution in [0.1, 0.15) is 27.6 Å². The Kier molecular flexibility index (Phi) is 4.26. The van der Waals surface area contributed by atoms with E-state index in [0.29, 0.717) is 12.6 Å².